The van der Waals surface area contributed by atoms with E-state index in [0.717, 1.165) is 22.3 Å². The van der Waals surface area contributed by atoms with Crippen LogP contribution in [0.5, 0.6) is 0 Å². The van der Waals surface area contributed by atoms with E-state index in [-0.39, 0.29) is 5.91 Å². The Morgan fingerprint density at radius 3 is 1.61 bits per heavy atom. The molecule has 0 atom stereocenters. The van der Waals surface area contributed by atoms with E-state index in [1.165, 1.54) is 5.56 Å². The highest BCUT2D eigenvalue weighted by Crippen LogP contribution is 2.42. The highest BCUT2D eigenvalue weighted by atomic mass is 16.1. The number of nitrogens with one attached hydrogen (secondary N) is 1. The van der Waals surface area contributed by atoms with Crippen molar-refractivity contribution < 1.29 is 4.79 Å². The molecule has 4 aromatic rings. The minimum atomic E-state index is -0.569. The monoisotopic (exact) mass is 405 g/mol. The van der Waals surface area contributed by atoms with Gasteiger partial charge in [0.05, 0.1) is 5.41 Å². The Morgan fingerprint density at radius 2 is 1.16 bits per heavy atom. The van der Waals surface area contributed by atoms with Crippen LogP contribution in [0.25, 0.3) is 0 Å². The van der Waals surface area contributed by atoms with Crippen LogP contribution in [-0.2, 0) is 16.8 Å². The molecule has 0 bridgehead atoms. The topological polar surface area (TPSA) is 29.1 Å². The first-order valence-corrected chi connectivity index (χ1v) is 10.7. The summed E-state index contributed by atoms with van der Waals surface area (Å²) < 4.78 is 0. The van der Waals surface area contributed by atoms with Crippen LogP contribution < -0.4 is 5.32 Å². The third kappa shape index (κ3) is 4.59. The summed E-state index contributed by atoms with van der Waals surface area (Å²) >= 11 is 0. The zero-order valence-corrected chi connectivity index (χ0v) is 17.8. The van der Waals surface area contributed by atoms with Crippen LogP contribution in [-0.4, -0.2) is 5.91 Å². The molecule has 0 spiro atoms. The molecule has 2 nitrogen and oxygen atoms in total. The van der Waals surface area contributed by atoms with Crippen LogP contribution in [0.15, 0.2) is 115 Å². The second-order valence-electron chi connectivity index (χ2n) is 7.95. The Balaban J connectivity index is 1.74. The van der Waals surface area contributed by atoms with Gasteiger partial charge in [0, 0.05) is 13.0 Å². The maximum Gasteiger partial charge on any atom is 0.221 e. The Kier molecular flexibility index (Phi) is 6.28. The summed E-state index contributed by atoms with van der Waals surface area (Å²) in [5, 5.41) is 3.15. The van der Waals surface area contributed by atoms with Crippen molar-refractivity contribution in [3.8, 4) is 0 Å². The predicted molar refractivity (Wildman–Crippen MR) is 127 cm³/mol. The van der Waals surface area contributed by atoms with E-state index < -0.39 is 5.41 Å². The highest BCUT2D eigenvalue weighted by molar-refractivity contribution is 5.80. The standard InChI is InChI=1S/C29H27NO/c1-23-12-11-13-24(20-23)22-30-28(31)21-29(25-14-5-2-6-15-25,26-16-7-3-8-17-26)27-18-9-4-10-19-27/h2-20H,21-22H2,1H3,(H,30,31). The first-order valence-electron chi connectivity index (χ1n) is 10.7. The molecule has 0 saturated carbocycles. The third-order valence-corrected chi connectivity index (χ3v) is 5.80. The molecule has 31 heavy (non-hydrogen) atoms. The second-order valence-corrected chi connectivity index (χ2v) is 7.95. The summed E-state index contributed by atoms with van der Waals surface area (Å²) in [4.78, 5) is 13.3. The molecule has 1 N–H and O–H groups in total. The van der Waals surface area contributed by atoms with Gasteiger partial charge in [-0.15, -0.1) is 0 Å². The molecule has 1 amide bonds. The van der Waals surface area contributed by atoms with Crippen molar-refractivity contribution >= 4 is 5.91 Å². The summed E-state index contributed by atoms with van der Waals surface area (Å²) in [5.41, 5.74) is 5.06. The molecule has 0 heterocycles. The number of benzene rings is 4. The fourth-order valence-corrected chi connectivity index (χ4v) is 4.30. The molecule has 4 aromatic carbocycles. The lowest BCUT2D eigenvalue weighted by atomic mass is 9.67. The number of carbonyl (C=O) groups is 1. The van der Waals surface area contributed by atoms with Crippen LogP contribution in [0.3, 0.4) is 0 Å². The Bertz CT molecular complexity index is 1020. The van der Waals surface area contributed by atoms with Crippen molar-refractivity contribution in [1.29, 1.82) is 0 Å². The minimum Gasteiger partial charge on any atom is -0.352 e. The molecule has 0 radical (unpaired) electrons. The lowest BCUT2D eigenvalue weighted by Gasteiger charge is -2.35. The molecule has 154 valence electrons. The maximum atomic E-state index is 13.3. The van der Waals surface area contributed by atoms with Crippen LogP contribution in [0, 0.1) is 6.92 Å². The molecular formula is C29H27NO. The SMILES string of the molecule is Cc1cccc(CNC(=O)CC(c2ccccc2)(c2ccccc2)c2ccccc2)c1. The minimum absolute atomic E-state index is 0.0260. The van der Waals surface area contributed by atoms with Gasteiger partial charge in [0.25, 0.3) is 0 Å². The molecule has 0 unspecified atom stereocenters. The van der Waals surface area contributed by atoms with Crippen molar-refractivity contribution in [1.82, 2.24) is 5.32 Å². The normalized spacial score (nSPS) is 11.1. The smallest absolute Gasteiger partial charge is 0.221 e. The average molecular weight is 406 g/mol. The van der Waals surface area contributed by atoms with Gasteiger partial charge in [0.15, 0.2) is 0 Å². The zero-order valence-electron chi connectivity index (χ0n) is 17.8. The van der Waals surface area contributed by atoms with E-state index in [1.54, 1.807) is 0 Å². The van der Waals surface area contributed by atoms with Crippen LogP contribution >= 0.6 is 0 Å². The zero-order chi connectivity index (χ0) is 21.5. The van der Waals surface area contributed by atoms with Crippen molar-refractivity contribution in [2.24, 2.45) is 0 Å². The number of hydrogen-bond acceptors (Lipinski definition) is 1. The van der Waals surface area contributed by atoms with Crippen LogP contribution in [0.2, 0.25) is 0 Å². The van der Waals surface area contributed by atoms with Crippen molar-refractivity contribution in [3.05, 3.63) is 143 Å². The van der Waals surface area contributed by atoms with Gasteiger partial charge in [-0.2, -0.15) is 0 Å². The fraction of sp³-hybridized carbons (Fsp3) is 0.138. The number of rotatable bonds is 7. The molecule has 0 aliphatic heterocycles. The number of amides is 1. The fourth-order valence-electron chi connectivity index (χ4n) is 4.30. The third-order valence-electron chi connectivity index (χ3n) is 5.80. The van der Waals surface area contributed by atoms with Gasteiger partial charge in [-0.1, -0.05) is 121 Å². The number of aryl methyl sites for hydroxylation is 1. The van der Waals surface area contributed by atoms with Gasteiger partial charge in [-0.3, -0.25) is 4.79 Å². The first-order chi connectivity index (χ1) is 15.2. The van der Waals surface area contributed by atoms with E-state index in [4.69, 9.17) is 0 Å². The highest BCUT2D eigenvalue weighted by Gasteiger charge is 2.38. The second kappa shape index (κ2) is 9.44. The summed E-state index contributed by atoms with van der Waals surface area (Å²) in [5.74, 6) is 0.0260. The Hall–Kier alpha value is -3.65. The summed E-state index contributed by atoms with van der Waals surface area (Å²) in [7, 11) is 0. The summed E-state index contributed by atoms with van der Waals surface area (Å²) in [6.45, 7) is 2.59. The lowest BCUT2D eigenvalue weighted by molar-refractivity contribution is -0.122. The summed E-state index contributed by atoms with van der Waals surface area (Å²) in [6, 6.07) is 39.3. The molecule has 2 heteroatoms. The lowest BCUT2D eigenvalue weighted by Crippen LogP contribution is -2.37. The Labute approximate surface area is 184 Å². The van der Waals surface area contributed by atoms with Gasteiger partial charge in [0.2, 0.25) is 5.91 Å². The Morgan fingerprint density at radius 1 is 0.677 bits per heavy atom. The van der Waals surface area contributed by atoms with E-state index in [0.29, 0.717) is 13.0 Å². The average Bonchev–Trinajstić information content (AvgIpc) is 2.83. The predicted octanol–water partition coefficient (Wildman–Crippen LogP) is 6.04. The van der Waals surface area contributed by atoms with E-state index in [9.17, 15) is 4.79 Å². The molecule has 4 rings (SSSR count). The molecule has 0 aliphatic carbocycles. The largest absolute Gasteiger partial charge is 0.352 e. The van der Waals surface area contributed by atoms with E-state index in [2.05, 4.69) is 60.8 Å². The maximum absolute atomic E-state index is 13.3. The van der Waals surface area contributed by atoms with E-state index in [1.807, 2.05) is 66.7 Å². The first kappa shape index (κ1) is 20.6. The molecule has 0 aromatic heterocycles. The van der Waals surface area contributed by atoms with Crippen LogP contribution in [0.1, 0.15) is 34.2 Å². The number of carbonyl (C=O) groups excluding carboxylic acids is 1. The molecule has 0 fully saturated rings. The molecule has 0 aliphatic rings. The molecule has 0 saturated heterocycles. The van der Waals surface area contributed by atoms with Crippen molar-refractivity contribution in [2.45, 2.75) is 25.3 Å². The van der Waals surface area contributed by atoms with Crippen LogP contribution in [0.4, 0.5) is 0 Å². The van der Waals surface area contributed by atoms with Gasteiger partial charge in [-0.05, 0) is 29.2 Å². The van der Waals surface area contributed by atoms with E-state index >= 15 is 0 Å². The number of hydrogen-bond donors (Lipinski definition) is 1. The van der Waals surface area contributed by atoms with Gasteiger partial charge < -0.3 is 5.32 Å². The van der Waals surface area contributed by atoms with Gasteiger partial charge >= 0.3 is 0 Å². The quantitative estimate of drug-likeness (QED) is 0.373. The van der Waals surface area contributed by atoms with Gasteiger partial charge in [0.1, 0.15) is 0 Å². The summed E-state index contributed by atoms with van der Waals surface area (Å²) in [6.07, 6.45) is 0.330. The van der Waals surface area contributed by atoms with Gasteiger partial charge in [-0.25, -0.2) is 0 Å². The van der Waals surface area contributed by atoms with Crippen molar-refractivity contribution in [3.63, 3.8) is 0 Å². The van der Waals surface area contributed by atoms with Crippen molar-refractivity contribution in [2.75, 3.05) is 0 Å². The molecular weight excluding hydrogens is 378 g/mol.